The summed E-state index contributed by atoms with van der Waals surface area (Å²) in [6, 6.07) is 3.54. The van der Waals surface area contributed by atoms with Gasteiger partial charge in [0.05, 0.1) is 9.85 Å². The molecule has 0 aromatic heterocycles. The van der Waals surface area contributed by atoms with E-state index in [0.717, 1.165) is 12.1 Å². The third-order valence-corrected chi connectivity index (χ3v) is 2.53. The molecule has 2 N–H and O–H groups in total. The summed E-state index contributed by atoms with van der Waals surface area (Å²) in [6.07, 6.45) is -0.642. The van der Waals surface area contributed by atoms with Gasteiger partial charge in [0, 0.05) is 24.2 Å². The zero-order valence-corrected chi connectivity index (χ0v) is 13.0. The van der Waals surface area contributed by atoms with Crippen molar-refractivity contribution in [2.45, 2.75) is 26.3 Å². The van der Waals surface area contributed by atoms with Gasteiger partial charge in [0.25, 0.3) is 11.4 Å². The van der Waals surface area contributed by atoms with E-state index in [9.17, 15) is 25.0 Å². The average Bonchev–Trinajstić information content (AvgIpc) is 2.41. The van der Waals surface area contributed by atoms with E-state index >= 15 is 0 Å². The summed E-state index contributed by atoms with van der Waals surface area (Å²) in [6.45, 7) is 5.23. The Morgan fingerprint density at radius 1 is 1.17 bits per heavy atom. The van der Waals surface area contributed by atoms with Gasteiger partial charge in [0.1, 0.15) is 6.61 Å². The Hall–Kier alpha value is -2.91. The molecular formula is C13H18N4O6. The van der Waals surface area contributed by atoms with Gasteiger partial charge in [-0.05, 0) is 26.8 Å². The minimum Gasteiger partial charge on any atom is -0.448 e. The minimum absolute atomic E-state index is 0.0107. The molecule has 1 aromatic carbocycles. The van der Waals surface area contributed by atoms with Crippen LogP contribution in [-0.4, -0.2) is 34.6 Å². The maximum Gasteiger partial charge on any atom is 0.407 e. The van der Waals surface area contributed by atoms with Gasteiger partial charge in [-0.2, -0.15) is 0 Å². The van der Waals surface area contributed by atoms with Crippen LogP contribution in [0.2, 0.25) is 0 Å². The number of alkyl carbamates (subject to hydrolysis) is 1. The zero-order chi connectivity index (χ0) is 17.6. The van der Waals surface area contributed by atoms with Gasteiger partial charge in [-0.1, -0.05) is 0 Å². The van der Waals surface area contributed by atoms with Crippen LogP contribution in [0.15, 0.2) is 18.2 Å². The molecule has 0 aliphatic carbocycles. The van der Waals surface area contributed by atoms with Gasteiger partial charge in [0.2, 0.25) is 0 Å². The summed E-state index contributed by atoms with van der Waals surface area (Å²) >= 11 is 0. The molecule has 0 saturated heterocycles. The van der Waals surface area contributed by atoms with E-state index < -0.39 is 32.9 Å². The zero-order valence-electron chi connectivity index (χ0n) is 13.0. The summed E-state index contributed by atoms with van der Waals surface area (Å²) in [5, 5.41) is 27.0. The lowest BCUT2D eigenvalue weighted by atomic mass is 10.1. The number of nitro groups is 2. The number of nitrogens with zero attached hydrogens (tertiary/aromatic N) is 2. The second-order valence-corrected chi connectivity index (χ2v) is 5.62. The summed E-state index contributed by atoms with van der Waals surface area (Å²) in [4.78, 5) is 31.9. The fourth-order valence-corrected chi connectivity index (χ4v) is 1.68. The Labute approximate surface area is 132 Å². The van der Waals surface area contributed by atoms with Gasteiger partial charge in [0.15, 0.2) is 5.69 Å². The lowest BCUT2D eigenvalue weighted by Gasteiger charge is -2.20. The third-order valence-electron chi connectivity index (χ3n) is 2.53. The van der Waals surface area contributed by atoms with Crippen molar-refractivity contribution in [1.82, 2.24) is 5.32 Å². The molecule has 10 nitrogen and oxygen atoms in total. The molecule has 1 amide bonds. The number of ether oxygens (including phenoxy) is 1. The Morgan fingerprint density at radius 2 is 1.70 bits per heavy atom. The van der Waals surface area contributed by atoms with E-state index in [0.29, 0.717) is 0 Å². The van der Waals surface area contributed by atoms with Crippen molar-refractivity contribution in [1.29, 1.82) is 0 Å². The van der Waals surface area contributed by atoms with Gasteiger partial charge in [-0.15, -0.1) is 0 Å². The summed E-state index contributed by atoms with van der Waals surface area (Å²) in [7, 11) is 0. The Kier molecular flexibility index (Phi) is 5.82. The topological polar surface area (TPSA) is 137 Å². The summed E-state index contributed by atoms with van der Waals surface area (Å²) in [5.41, 5.74) is -1.51. The van der Waals surface area contributed by atoms with Crippen LogP contribution in [0.1, 0.15) is 20.8 Å². The highest BCUT2D eigenvalue weighted by Gasteiger charge is 2.24. The van der Waals surface area contributed by atoms with E-state index in [1.165, 1.54) is 6.07 Å². The number of hydrogen-bond acceptors (Lipinski definition) is 7. The van der Waals surface area contributed by atoms with Gasteiger partial charge >= 0.3 is 6.09 Å². The number of carbonyl (C=O) groups is 1. The lowest BCUT2D eigenvalue weighted by Crippen LogP contribution is -2.41. The van der Waals surface area contributed by atoms with Crippen LogP contribution in [0.3, 0.4) is 0 Å². The quantitative estimate of drug-likeness (QED) is 0.465. The first-order valence-electron chi connectivity index (χ1n) is 6.72. The molecule has 0 bridgehead atoms. The van der Waals surface area contributed by atoms with Crippen LogP contribution in [0.25, 0.3) is 0 Å². The number of benzene rings is 1. The SMILES string of the molecule is CC(C)(C)NC(=O)OCCNc1c([N+](=O)[O-])cccc1[N+](=O)[O-]. The molecule has 126 valence electrons. The van der Waals surface area contributed by atoms with Gasteiger partial charge in [-0.25, -0.2) is 4.79 Å². The van der Waals surface area contributed by atoms with Crippen molar-refractivity contribution in [2.24, 2.45) is 0 Å². The maximum atomic E-state index is 11.4. The first kappa shape index (κ1) is 18.1. The number of amides is 1. The largest absolute Gasteiger partial charge is 0.448 e. The molecular weight excluding hydrogens is 308 g/mol. The van der Waals surface area contributed by atoms with Crippen molar-refractivity contribution < 1.29 is 19.4 Å². The molecule has 0 atom stereocenters. The number of anilines is 1. The summed E-state index contributed by atoms with van der Waals surface area (Å²) in [5.74, 6) is 0. The minimum atomic E-state index is -0.720. The first-order valence-corrected chi connectivity index (χ1v) is 6.72. The molecule has 0 radical (unpaired) electrons. The van der Waals surface area contributed by atoms with Crippen LogP contribution in [0.5, 0.6) is 0 Å². The number of para-hydroxylation sites is 1. The molecule has 0 aliphatic heterocycles. The van der Waals surface area contributed by atoms with Gasteiger partial charge < -0.3 is 15.4 Å². The first-order chi connectivity index (χ1) is 10.6. The highest BCUT2D eigenvalue weighted by atomic mass is 16.6. The van der Waals surface area contributed by atoms with E-state index in [1.54, 1.807) is 20.8 Å². The molecule has 10 heteroatoms. The highest BCUT2D eigenvalue weighted by molar-refractivity contribution is 5.73. The van der Waals surface area contributed by atoms with E-state index in [1.807, 2.05) is 0 Å². The monoisotopic (exact) mass is 326 g/mol. The van der Waals surface area contributed by atoms with Crippen LogP contribution in [-0.2, 0) is 4.74 Å². The molecule has 0 spiro atoms. The number of rotatable bonds is 6. The predicted octanol–water partition coefficient (Wildman–Crippen LogP) is 2.44. The molecule has 1 rings (SSSR count). The Morgan fingerprint density at radius 3 is 2.13 bits per heavy atom. The highest BCUT2D eigenvalue weighted by Crippen LogP contribution is 2.33. The normalized spacial score (nSPS) is 10.7. The number of nitrogens with one attached hydrogen (secondary N) is 2. The molecule has 0 aliphatic rings. The Bertz CT molecular complexity index is 579. The Balaban J connectivity index is 2.69. The fourth-order valence-electron chi connectivity index (χ4n) is 1.68. The number of nitro benzene ring substituents is 2. The summed E-state index contributed by atoms with van der Waals surface area (Å²) < 4.78 is 4.89. The van der Waals surface area contributed by atoms with E-state index in [-0.39, 0.29) is 18.8 Å². The molecule has 0 heterocycles. The molecule has 0 unspecified atom stereocenters. The standard InChI is InChI=1S/C13H18N4O6/c1-13(2,3)15-12(18)23-8-7-14-11-9(16(19)20)5-4-6-10(11)17(21)22/h4-6,14H,7-8H2,1-3H3,(H,15,18). The van der Waals surface area contributed by atoms with Crippen LogP contribution in [0, 0.1) is 20.2 Å². The van der Waals surface area contributed by atoms with Crippen molar-refractivity contribution in [2.75, 3.05) is 18.5 Å². The smallest absolute Gasteiger partial charge is 0.407 e. The molecule has 23 heavy (non-hydrogen) atoms. The molecule has 1 aromatic rings. The fraction of sp³-hybridized carbons (Fsp3) is 0.462. The number of hydrogen-bond donors (Lipinski definition) is 2. The lowest BCUT2D eigenvalue weighted by molar-refractivity contribution is -0.392. The molecule has 0 saturated carbocycles. The van der Waals surface area contributed by atoms with Crippen LogP contribution in [0.4, 0.5) is 21.9 Å². The average molecular weight is 326 g/mol. The van der Waals surface area contributed by atoms with Crippen molar-refractivity contribution >= 4 is 23.2 Å². The number of carbonyl (C=O) groups excluding carboxylic acids is 1. The van der Waals surface area contributed by atoms with Gasteiger partial charge in [-0.3, -0.25) is 20.2 Å². The second-order valence-electron chi connectivity index (χ2n) is 5.62. The van der Waals surface area contributed by atoms with Crippen molar-refractivity contribution in [3.05, 3.63) is 38.4 Å². The third kappa shape index (κ3) is 5.77. The predicted molar refractivity (Wildman–Crippen MR) is 82.5 cm³/mol. The van der Waals surface area contributed by atoms with Crippen LogP contribution >= 0.6 is 0 Å². The van der Waals surface area contributed by atoms with E-state index in [4.69, 9.17) is 4.74 Å². The van der Waals surface area contributed by atoms with Crippen molar-refractivity contribution in [3.63, 3.8) is 0 Å². The van der Waals surface area contributed by atoms with Crippen LogP contribution < -0.4 is 10.6 Å². The van der Waals surface area contributed by atoms with Crippen molar-refractivity contribution in [3.8, 4) is 0 Å². The van der Waals surface area contributed by atoms with E-state index in [2.05, 4.69) is 10.6 Å². The molecule has 0 fully saturated rings. The second kappa shape index (κ2) is 7.38. The maximum absolute atomic E-state index is 11.4.